The smallest absolute Gasteiger partial charge is 0.297 e. The van der Waals surface area contributed by atoms with Crippen molar-refractivity contribution in [3.05, 3.63) is 53.2 Å². The predicted molar refractivity (Wildman–Crippen MR) is 107 cm³/mol. The Hall–Kier alpha value is -2.51. The Morgan fingerprint density at radius 1 is 1.04 bits per heavy atom. The Bertz CT molecular complexity index is 1120. The lowest BCUT2D eigenvalue weighted by Gasteiger charge is -2.22. The summed E-state index contributed by atoms with van der Waals surface area (Å²) in [5.74, 6) is 1.30. The molecule has 0 radical (unpaired) electrons. The van der Waals surface area contributed by atoms with Gasteiger partial charge >= 0.3 is 0 Å². The first-order valence-corrected chi connectivity index (χ1v) is 10.6. The molecule has 0 amide bonds. The Labute approximate surface area is 164 Å². The van der Waals surface area contributed by atoms with Gasteiger partial charge in [0.05, 0.1) is 25.2 Å². The Balaban J connectivity index is 1.63. The molecule has 3 aromatic rings. The Morgan fingerprint density at radius 2 is 1.71 bits per heavy atom. The van der Waals surface area contributed by atoms with E-state index in [1.165, 1.54) is 0 Å². The largest absolute Gasteiger partial charge is 0.493 e. The van der Waals surface area contributed by atoms with Crippen LogP contribution in [0.2, 0.25) is 0 Å². The highest BCUT2D eigenvalue weighted by atomic mass is 32.2. The topological polar surface area (TPSA) is 77.6 Å². The molecule has 1 aliphatic rings. The molecule has 2 aromatic carbocycles. The van der Waals surface area contributed by atoms with Crippen molar-refractivity contribution in [2.45, 2.75) is 37.2 Å². The van der Waals surface area contributed by atoms with Gasteiger partial charge in [-0.2, -0.15) is 8.42 Å². The molecule has 0 saturated heterocycles. The SMILES string of the molecule is COc1cc2[nH]c3c(c2cc1OC)CC(OS(=O)(=O)c1ccc(C)cc1)CC3. The van der Waals surface area contributed by atoms with Gasteiger partial charge < -0.3 is 14.5 Å². The molecule has 0 aliphatic heterocycles. The predicted octanol–water partition coefficient (Wildman–Crippen LogP) is 3.76. The number of nitrogens with one attached hydrogen (secondary N) is 1. The molecular formula is C21H23NO5S. The lowest BCUT2D eigenvalue weighted by Crippen LogP contribution is -2.25. The van der Waals surface area contributed by atoms with E-state index < -0.39 is 16.2 Å². The second-order valence-electron chi connectivity index (χ2n) is 7.06. The molecule has 0 saturated carbocycles. The number of aromatic amines is 1. The summed E-state index contributed by atoms with van der Waals surface area (Å²) >= 11 is 0. The van der Waals surface area contributed by atoms with E-state index in [-0.39, 0.29) is 4.90 Å². The lowest BCUT2D eigenvalue weighted by atomic mass is 9.93. The number of fused-ring (bicyclic) bond motifs is 3. The third-order valence-corrected chi connectivity index (χ3v) is 6.59. The van der Waals surface area contributed by atoms with Crippen molar-refractivity contribution in [2.75, 3.05) is 14.2 Å². The van der Waals surface area contributed by atoms with Gasteiger partial charge in [-0.1, -0.05) is 17.7 Å². The van der Waals surface area contributed by atoms with Gasteiger partial charge in [-0.15, -0.1) is 0 Å². The maximum absolute atomic E-state index is 12.6. The number of H-pyrrole nitrogens is 1. The number of aromatic nitrogens is 1. The van der Waals surface area contributed by atoms with Crippen molar-refractivity contribution in [3.8, 4) is 11.5 Å². The van der Waals surface area contributed by atoms with Crippen LogP contribution < -0.4 is 9.47 Å². The molecule has 1 aliphatic carbocycles. The zero-order chi connectivity index (χ0) is 19.9. The number of aryl methyl sites for hydroxylation is 2. The Kier molecular flexibility index (Phi) is 4.81. The van der Waals surface area contributed by atoms with Crippen molar-refractivity contribution in [1.29, 1.82) is 0 Å². The zero-order valence-corrected chi connectivity index (χ0v) is 16.9. The van der Waals surface area contributed by atoms with E-state index >= 15 is 0 Å². The van der Waals surface area contributed by atoms with Crippen molar-refractivity contribution in [3.63, 3.8) is 0 Å². The molecule has 0 bridgehead atoms. The highest BCUT2D eigenvalue weighted by Gasteiger charge is 2.28. The molecule has 1 heterocycles. The van der Waals surface area contributed by atoms with E-state index in [1.807, 2.05) is 19.1 Å². The van der Waals surface area contributed by atoms with Crippen LogP contribution in [0, 0.1) is 6.92 Å². The standard InChI is InChI=1S/C21H23NO5S/c1-13-4-7-15(8-5-13)28(23,24)27-14-6-9-18-16(10-14)17-11-20(25-2)21(26-3)12-19(17)22-18/h4-5,7-8,11-12,14,22H,6,9-10H2,1-3H3. The summed E-state index contributed by atoms with van der Waals surface area (Å²) < 4.78 is 41.7. The van der Waals surface area contributed by atoms with E-state index in [4.69, 9.17) is 13.7 Å². The molecule has 4 rings (SSSR count). The van der Waals surface area contributed by atoms with Gasteiger partial charge in [-0.3, -0.25) is 4.18 Å². The maximum Gasteiger partial charge on any atom is 0.297 e. The average Bonchev–Trinajstić information content (AvgIpc) is 3.03. The number of rotatable bonds is 5. The average molecular weight is 401 g/mol. The van der Waals surface area contributed by atoms with E-state index in [1.54, 1.807) is 38.5 Å². The summed E-state index contributed by atoms with van der Waals surface area (Å²) in [5, 5.41) is 1.01. The second kappa shape index (κ2) is 7.14. The summed E-state index contributed by atoms with van der Waals surface area (Å²) in [4.78, 5) is 3.61. The first kappa shape index (κ1) is 18.8. The molecule has 148 valence electrons. The lowest BCUT2D eigenvalue weighted by molar-refractivity contribution is 0.192. The molecule has 7 heteroatoms. The molecule has 6 nitrogen and oxygen atoms in total. The van der Waals surface area contributed by atoms with Gasteiger partial charge in [0, 0.05) is 29.1 Å². The minimum Gasteiger partial charge on any atom is -0.493 e. The van der Waals surface area contributed by atoms with Gasteiger partial charge in [0.1, 0.15) is 0 Å². The summed E-state index contributed by atoms with van der Waals surface area (Å²) in [5.41, 5.74) is 4.14. The number of hydrogen-bond acceptors (Lipinski definition) is 5. The maximum atomic E-state index is 12.6. The minimum absolute atomic E-state index is 0.189. The fourth-order valence-electron chi connectivity index (χ4n) is 3.74. The number of benzene rings is 2. The van der Waals surface area contributed by atoms with Crippen LogP contribution in [0.15, 0.2) is 41.3 Å². The van der Waals surface area contributed by atoms with E-state index in [9.17, 15) is 8.42 Å². The molecule has 1 N–H and O–H groups in total. The van der Waals surface area contributed by atoms with Crippen LogP contribution in [0.3, 0.4) is 0 Å². The summed E-state index contributed by atoms with van der Waals surface area (Å²) in [6.45, 7) is 1.92. The van der Waals surface area contributed by atoms with Crippen LogP contribution in [0.5, 0.6) is 11.5 Å². The third kappa shape index (κ3) is 3.36. The van der Waals surface area contributed by atoms with Crippen LogP contribution in [0.4, 0.5) is 0 Å². The third-order valence-electron chi connectivity index (χ3n) is 5.22. The van der Waals surface area contributed by atoms with Gasteiger partial charge in [0.25, 0.3) is 10.1 Å². The fraction of sp³-hybridized carbons (Fsp3) is 0.333. The van der Waals surface area contributed by atoms with Crippen molar-refractivity contribution in [1.82, 2.24) is 4.98 Å². The molecule has 1 atom stereocenters. The zero-order valence-electron chi connectivity index (χ0n) is 16.1. The van der Waals surface area contributed by atoms with Crippen molar-refractivity contribution < 1.29 is 22.1 Å². The molecular weight excluding hydrogens is 378 g/mol. The van der Waals surface area contributed by atoms with Gasteiger partial charge in [0.2, 0.25) is 0 Å². The van der Waals surface area contributed by atoms with Gasteiger partial charge in [0.15, 0.2) is 11.5 Å². The number of ether oxygens (including phenoxy) is 2. The van der Waals surface area contributed by atoms with Gasteiger partial charge in [-0.05, 0) is 43.5 Å². The van der Waals surface area contributed by atoms with Crippen LogP contribution in [-0.2, 0) is 27.1 Å². The van der Waals surface area contributed by atoms with E-state index in [0.29, 0.717) is 24.3 Å². The summed E-state index contributed by atoms with van der Waals surface area (Å²) in [7, 11) is -0.590. The van der Waals surface area contributed by atoms with Crippen LogP contribution >= 0.6 is 0 Å². The van der Waals surface area contributed by atoms with Crippen LogP contribution in [0.1, 0.15) is 23.2 Å². The molecule has 0 fully saturated rings. The van der Waals surface area contributed by atoms with Crippen LogP contribution in [0.25, 0.3) is 10.9 Å². The minimum atomic E-state index is -3.79. The van der Waals surface area contributed by atoms with Gasteiger partial charge in [-0.25, -0.2) is 0 Å². The van der Waals surface area contributed by atoms with E-state index in [2.05, 4.69) is 4.98 Å². The number of hydrogen-bond donors (Lipinski definition) is 1. The summed E-state index contributed by atoms with van der Waals surface area (Å²) in [6, 6.07) is 10.6. The Morgan fingerprint density at radius 3 is 2.39 bits per heavy atom. The summed E-state index contributed by atoms with van der Waals surface area (Å²) in [6.07, 6.45) is 1.49. The van der Waals surface area contributed by atoms with Crippen molar-refractivity contribution in [2.24, 2.45) is 0 Å². The number of methoxy groups -OCH3 is 2. The molecule has 0 spiro atoms. The normalized spacial score (nSPS) is 16.8. The fourth-order valence-corrected chi connectivity index (χ4v) is 4.84. The monoisotopic (exact) mass is 401 g/mol. The first-order valence-electron chi connectivity index (χ1n) is 9.16. The van der Waals surface area contributed by atoms with Crippen LogP contribution in [-0.4, -0.2) is 33.7 Å². The van der Waals surface area contributed by atoms with E-state index in [0.717, 1.165) is 34.1 Å². The first-order chi connectivity index (χ1) is 13.4. The highest BCUT2D eigenvalue weighted by molar-refractivity contribution is 7.86. The molecule has 1 unspecified atom stereocenters. The van der Waals surface area contributed by atoms with Crippen molar-refractivity contribution >= 4 is 21.0 Å². The quantitative estimate of drug-likeness (QED) is 0.659. The molecule has 28 heavy (non-hydrogen) atoms. The molecule has 1 aromatic heterocycles. The second-order valence-corrected chi connectivity index (χ2v) is 8.64. The highest BCUT2D eigenvalue weighted by Crippen LogP contribution is 2.37.